The number of benzene rings is 2. The van der Waals surface area contributed by atoms with Crippen LogP contribution in [0.4, 0.5) is 5.69 Å². The summed E-state index contributed by atoms with van der Waals surface area (Å²) < 4.78 is 7.52. The summed E-state index contributed by atoms with van der Waals surface area (Å²) in [5.41, 5.74) is 7.26. The van der Waals surface area contributed by atoms with Crippen LogP contribution in [0.25, 0.3) is 11.0 Å². The first-order chi connectivity index (χ1) is 22.3. The van der Waals surface area contributed by atoms with Gasteiger partial charge in [-0.25, -0.2) is 9.67 Å². The van der Waals surface area contributed by atoms with Gasteiger partial charge in [-0.2, -0.15) is 5.10 Å². The van der Waals surface area contributed by atoms with Gasteiger partial charge in [0.25, 0.3) is 5.91 Å². The van der Waals surface area contributed by atoms with E-state index in [0.29, 0.717) is 24.4 Å². The van der Waals surface area contributed by atoms with Crippen molar-refractivity contribution in [3.8, 4) is 5.75 Å². The standard InChI is InChI=1S/C37H49N5O4/c1-5-26-21-27(12-14-33(26)43)34(44)13-11-24(4)19-25-9-8-10-28(20-25)37(45)38-22-30-32(6-2)41-36-31(23-39-42(36)7-3)35(30)40-29-15-17-46-18-16-29/h8-10,12,14,20-21,23-24,29,34,43-44H,5-7,11,13,15-19,22H2,1-4H3,(H,38,45)(H,40,41)/t24?,34-/m0/s1. The number of hydrogen-bond acceptors (Lipinski definition) is 7. The molecule has 2 aromatic heterocycles. The molecule has 0 spiro atoms. The molecule has 9 nitrogen and oxygen atoms in total. The monoisotopic (exact) mass is 627 g/mol. The number of phenolic OH excluding ortho intramolecular Hbond substituents is 1. The third kappa shape index (κ3) is 7.88. The molecule has 3 heterocycles. The molecule has 5 rings (SSSR count). The van der Waals surface area contributed by atoms with E-state index >= 15 is 0 Å². The predicted octanol–water partition coefficient (Wildman–Crippen LogP) is 6.49. The SMILES string of the molecule is CCc1cc([C@@H](O)CCC(C)Cc2cccc(C(=O)NCc3c(CC)nc4c(cnn4CC)c3NC3CCOCC3)c2)ccc1O. The van der Waals surface area contributed by atoms with Crippen molar-refractivity contribution in [3.05, 3.63) is 82.2 Å². The minimum absolute atomic E-state index is 0.118. The Hall–Kier alpha value is -3.95. The molecule has 1 saturated heterocycles. The van der Waals surface area contributed by atoms with Gasteiger partial charge in [0.2, 0.25) is 0 Å². The van der Waals surface area contributed by atoms with Gasteiger partial charge in [0.15, 0.2) is 5.65 Å². The van der Waals surface area contributed by atoms with Gasteiger partial charge in [0.05, 0.1) is 23.4 Å². The Morgan fingerprint density at radius 2 is 1.89 bits per heavy atom. The maximum atomic E-state index is 13.5. The summed E-state index contributed by atoms with van der Waals surface area (Å²) in [5.74, 6) is 0.478. The third-order valence-corrected chi connectivity index (χ3v) is 9.18. The highest BCUT2D eigenvalue weighted by atomic mass is 16.5. The van der Waals surface area contributed by atoms with Crippen molar-refractivity contribution in [1.29, 1.82) is 0 Å². The van der Waals surface area contributed by atoms with E-state index in [2.05, 4.69) is 42.6 Å². The van der Waals surface area contributed by atoms with Crippen molar-refractivity contribution in [3.63, 3.8) is 0 Å². The van der Waals surface area contributed by atoms with Crippen LogP contribution in [-0.4, -0.2) is 50.1 Å². The fraction of sp³-hybridized carbons (Fsp3) is 0.486. The van der Waals surface area contributed by atoms with Gasteiger partial charge in [-0.3, -0.25) is 4.79 Å². The first kappa shape index (κ1) is 33.4. The van der Waals surface area contributed by atoms with Gasteiger partial charge in [-0.1, -0.05) is 39.0 Å². The number of aliphatic hydroxyl groups excluding tert-OH is 1. The van der Waals surface area contributed by atoms with Crippen molar-refractivity contribution in [2.75, 3.05) is 18.5 Å². The average Bonchev–Trinajstić information content (AvgIpc) is 3.50. The van der Waals surface area contributed by atoms with Gasteiger partial charge in [-0.15, -0.1) is 0 Å². The van der Waals surface area contributed by atoms with E-state index in [1.54, 1.807) is 12.1 Å². The van der Waals surface area contributed by atoms with E-state index in [-0.39, 0.29) is 17.7 Å². The van der Waals surface area contributed by atoms with Crippen LogP contribution < -0.4 is 10.6 Å². The number of ether oxygens (including phenoxy) is 1. The van der Waals surface area contributed by atoms with E-state index in [9.17, 15) is 15.0 Å². The third-order valence-electron chi connectivity index (χ3n) is 9.18. The summed E-state index contributed by atoms with van der Waals surface area (Å²) in [6.45, 7) is 10.9. The van der Waals surface area contributed by atoms with Gasteiger partial charge >= 0.3 is 0 Å². The van der Waals surface area contributed by atoms with Crippen LogP contribution in [0, 0.1) is 5.92 Å². The van der Waals surface area contributed by atoms with Crippen molar-refractivity contribution in [2.45, 2.75) is 97.9 Å². The molecular formula is C37H49N5O4. The highest BCUT2D eigenvalue weighted by Gasteiger charge is 2.22. The van der Waals surface area contributed by atoms with Crippen LogP contribution in [-0.2, 0) is 37.1 Å². The van der Waals surface area contributed by atoms with Crippen molar-refractivity contribution in [2.24, 2.45) is 5.92 Å². The second-order valence-electron chi connectivity index (χ2n) is 12.5. The number of nitrogens with zero attached hydrogens (tertiary/aromatic N) is 3. The molecule has 4 aromatic rings. The number of aryl methyl sites for hydroxylation is 3. The lowest BCUT2D eigenvalue weighted by atomic mass is 9.92. The number of nitrogens with one attached hydrogen (secondary N) is 2. The molecule has 1 unspecified atom stereocenters. The van der Waals surface area contributed by atoms with E-state index in [0.717, 1.165) is 103 Å². The molecule has 46 heavy (non-hydrogen) atoms. The normalized spacial score (nSPS) is 15.2. The Morgan fingerprint density at radius 1 is 1.09 bits per heavy atom. The summed E-state index contributed by atoms with van der Waals surface area (Å²) in [7, 11) is 0. The highest BCUT2D eigenvalue weighted by Crippen LogP contribution is 2.32. The molecule has 0 aliphatic carbocycles. The highest BCUT2D eigenvalue weighted by molar-refractivity contribution is 5.95. The molecule has 1 fully saturated rings. The van der Waals surface area contributed by atoms with Gasteiger partial charge in [-0.05, 0) is 98.7 Å². The number of carbonyl (C=O) groups excluding carboxylic acids is 1. The van der Waals surface area contributed by atoms with Crippen LogP contribution in [0.15, 0.2) is 48.7 Å². The lowest BCUT2D eigenvalue weighted by molar-refractivity contribution is 0.0904. The molecule has 2 atom stereocenters. The molecule has 2 aromatic carbocycles. The first-order valence-electron chi connectivity index (χ1n) is 16.9. The molecule has 0 bridgehead atoms. The quantitative estimate of drug-likeness (QED) is 0.126. The molecule has 0 saturated carbocycles. The summed E-state index contributed by atoms with van der Waals surface area (Å²) in [6, 6.07) is 13.5. The van der Waals surface area contributed by atoms with Gasteiger partial charge < -0.3 is 25.6 Å². The zero-order valence-electron chi connectivity index (χ0n) is 27.7. The smallest absolute Gasteiger partial charge is 0.251 e. The number of aromatic hydroxyl groups is 1. The Kier molecular flexibility index (Phi) is 11.3. The molecule has 9 heteroatoms. The van der Waals surface area contributed by atoms with Crippen molar-refractivity contribution < 1.29 is 19.7 Å². The van der Waals surface area contributed by atoms with Crippen LogP contribution in [0.5, 0.6) is 5.75 Å². The average molecular weight is 628 g/mol. The van der Waals surface area contributed by atoms with E-state index in [1.165, 1.54) is 0 Å². The maximum Gasteiger partial charge on any atom is 0.251 e. The van der Waals surface area contributed by atoms with Gasteiger partial charge in [0.1, 0.15) is 5.75 Å². The van der Waals surface area contributed by atoms with Crippen LogP contribution >= 0.6 is 0 Å². The second-order valence-corrected chi connectivity index (χ2v) is 12.5. The molecule has 1 amide bonds. The largest absolute Gasteiger partial charge is 0.508 e. The maximum absolute atomic E-state index is 13.5. The number of aliphatic hydroxyl groups is 1. The second kappa shape index (κ2) is 15.6. The first-order valence-corrected chi connectivity index (χ1v) is 16.9. The number of phenols is 1. The Labute approximate surface area is 272 Å². The van der Waals surface area contributed by atoms with Crippen molar-refractivity contribution >= 4 is 22.6 Å². The fourth-order valence-electron chi connectivity index (χ4n) is 6.42. The van der Waals surface area contributed by atoms with E-state index in [4.69, 9.17) is 9.72 Å². The lowest BCUT2D eigenvalue weighted by Crippen LogP contribution is -2.30. The zero-order valence-corrected chi connectivity index (χ0v) is 27.7. The number of carbonyl (C=O) groups is 1. The number of anilines is 1. The van der Waals surface area contributed by atoms with E-state index in [1.807, 2.05) is 42.1 Å². The summed E-state index contributed by atoms with van der Waals surface area (Å²) in [6.07, 6.45) is 6.92. The van der Waals surface area contributed by atoms with Crippen LogP contribution in [0.1, 0.15) is 97.8 Å². The Balaban J connectivity index is 1.25. The minimum atomic E-state index is -0.575. The van der Waals surface area contributed by atoms with Crippen LogP contribution in [0.2, 0.25) is 0 Å². The minimum Gasteiger partial charge on any atom is -0.508 e. The summed E-state index contributed by atoms with van der Waals surface area (Å²) in [4.78, 5) is 18.5. The number of amides is 1. The van der Waals surface area contributed by atoms with Crippen molar-refractivity contribution in [1.82, 2.24) is 20.1 Å². The summed E-state index contributed by atoms with van der Waals surface area (Å²) >= 11 is 0. The number of hydrogen-bond donors (Lipinski definition) is 4. The predicted molar refractivity (Wildman–Crippen MR) is 182 cm³/mol. The fourth-order valence-corrected chi connectivity index (χ4v) is 6.42. The number of aromatic nitrogens is 3. The van der Waals surface area contributed by atoms with Crippen LogP contribution in [0.3, 0.4) is 0 Å². The number of rotatable bonds is 14. The topological polar surface area (TPSA) is 122 Å². The number of pyridine rings is 1. The molecule has 1 aliphatic heterocycles. The molecular weight excluding hydrogens is 578 g/mol. The summed E-state index contributed by atoms with van der Waals surface area (Å²) in [5, 5.41) is 33.3. The Bertz CT molecular complexity index is 1630. The molecule has 1 aliphatic rings. The van der Waals surface area contributed by atoms with E-state index < -0.39 is 6.10 Å². The zero-order chi connectivity index (χ0) is 32.6. The molecule has 246 valence electrons. The lowest BCUT2D eigenvalue weighted by Gasteiger charge is -2.26. The molecule has 4 N–H and O–H groups in total. The Morgan fingerprint density at radius 3 is 2.63 bits per heavy atom. The molecule has 0 radical (unpaired) electrons. The number of fused-ring (bicyclic) bond motifs is 1. The van der Waals surface area contributed by atoms with Gasteiger partial charge in [0, 0.05) is 49.2 Å².